The summed E-state index contributed by atoms with van der Waals surface area (Å²) in [4.78, 5) is 24.2. The second-order valence-electron chi connectivity index (χ2n) is 8.60. The number of carbonyl (C=O) groups excluding carboxylic acids is 2. The van der Waals surface area contributed by atoms with Gasteiger partial charge >= 0.3 is 12.1 Å². The van der Waals surface area contributed by atoms with Crippen LogP contribution in [-0.4, -0.2) is 28.9 Å². The molecule has 0 bridgehead atoms. The van der Waals surface area contributed by atoms with Crippen LogP contribution in [0.15, 0.2) is 107 Å². The fourth-order valence-electron chi connectivity index (χ4n) is 3.55. The van der Waals surface area contributed by atoms with Crippen LogP contribution in [0, 0.1) is 0 Å². The van der Waals surface area contributed by atoms with E-state index in [-0.39, 0.29) is 9.79 Å². The maximum Gasteiger partial charge on any atom is 0.333 e. The minimum absolute atomic E-state index is 0.0998. The number of hydrogen-bond donors (Lipinski definition) is 4. The average Bonchev–Trinajstić information content (AvgIpc) is 2.91. The van der Waals surface area contributed by atoms with Crippen LogP contribution in [0.2, 0.25) is 10.0 Å². The molecule has 0 spiro atoms. The molecule has 14 heteroatoms. The summed E-state index contributed by atoms with van der Waals surface area (Å²) in [7, 11) is -8.13. The number of hydrogen-bond acceptors (Lipinski definition) is 6. The van der Waals surface area contributed by atoms with Crippen molar-refractivity contribution >= 4 is 66.7 Å². The van der Waals surface area contributed by atoms with E-state index in [0.29, 0.717) is 27.8 Å². The zero-order valence-corrected chi connectivity index (χ0v) is 24.1. The highest BCUT2D eigenvalue weighted by molar-refractivity contribution is 7.90. The van der Waals surface area contributed by atoms with Crippen molar-refractivity contribution in [3.8, 4) is 0 Å². The van der Waals surface area contributed by atoms with Crippen molar-refractivity contribution in [1.82, 2.24) is 9.44 Å². The zero-order chi connectivity index (χ0) is 29.6. The van der Waals surface area contributed by atoms with Gasteiger partial charge in [-0.25, -0.2) is 35.9 Å². The molecule has 0 heterocycles. The molecule has 0 fully saturated rings. The summed E-state index contributed by atoms with van der Waals surface area (Å²) in [6.45, 7) is 0. The van der Waals surface area contributed by atoms with E-state index in [9.17, 15) is 26.4 Å². The molecule has 0 aliphatic rings. The summed E-state index contributed by atoms with van der Waals surface area (Å²) in [6.07, 6.45) is 0.523. The normalized spacial score (nSPS) is 11.4. The van der Waals surface area contributed by atoms with Gasteiger partial charge in [-0.2, -0.15) is 0 Å². The van der Waals surface area contributed by atoms with Crippen LogP contribution in [0.5, 0.6) is 0 Å². The first-order valence-corrected chi connectivity index (χ1v) is 15.5. The number of amides is 4. The van der Waals surface area contributed by atoms with Gasteiger partial charge < -0.3 is 10.6 Å². The molecule has 4 aromatic carbocycles. The maximum atomic E-state index is 12.3. The molecule has 0 radical (unpaired) electrons. The van der Waals surface area contributed by atoms with Gasteiger partial charge in [0.25, 0.3) is 20.0 Å². The molecular weight excluding hydrogens is 611 g/mol. The third-order valence-corrected chi connectivity index (χ3v) is 8.73. The first-order valence-electron chi connectivity index (χ1n) is 11.8. The Morgan fingerprint density at radius 3 is 1.15 bits per heavy atom. The predicted molar refractivity (Wildman–Crippen MR) is 157 cm³/mol. The van der Waals surface area contributed by atoms with E-state index in [1.165, 1.54) is 48.5 Å². The summed E-state index contributed by atoms with van der Waals surface area (Å²) in [6, 6.07) is 22.5. The van der Waals surface area contributed by atoms with Crippen LogP contribution in [0.3, 0.4) is 0 Å². The molecule has 0 aromatic heterocycles. The van der Waals surface area contributed by atoms with Crippen LogP contribution >= 0.6 is 23.2 Å². The topological polar surface area (TPSA) is 151 Å². The first-order chi connectivity index (χ1) is 19.4. The van der Waals surface area contributed by atoms with Gasteiger partial charge in [-0.05, 0) is 90.3 Å². The fraction of sp³-hybridized carbons (Fsp3) is 0.0370. The average molecular weight is 634 g/mol. The summed E-state index contributed by atoms with van der Waals surface area (Å²) in [5, 5.41) is 5.69. The Balaban J connectivity index is 1.29. The summed E-state index contributed by atoms with van der Waals surface area (Å²) in [5.74, 6) is 0. The molecule has 0 aliphatic heterocycles. The number of rotatable bonds is 8. The van der Waals surface area contributed by atoms with E-state index in [1.54, 1.807) is 48.5 Å². The Morgan fingerprint density at radius 1 is 0.512 bits per heavy atom. The van der Waals surface area contributed by atoms with Gasteiger partial charge in [0.05, 0.1) is 9.79 Å². The summed E-state index contributed by atoms with van der Waals surface area (Å²) < 4.78 is 53.3. The second-order valence-corrected chi connectivity index (χ2v) is 12.8. The van der Waals surface area contributed by atoms with Crippen LogP contribution in [0.4, 0.5) is 21.0 Å². The highest BCUT2D eigenvalue weighted by Crippen LogP contribution is 2.18. The lowest BCUT2D eigenvalue weighted by Gasteiger charge is -2.10. The monoisotopic (exact) mass is 632 g/mol. The lowest BCUT2D eigenvalue weighted by Crippen LogP contribution is -2.34. The lowest BCUT2D eigenvalue weighted by atomic mass is 10.0. The maximum absolute atomic E-state index is 12.3. The highest BCUT2D eigenvalue weighted by Gasteiger charge is 2.18. The Bertz CT molecular complexity index is 1630. The molecule has 4 aromatic rings. The lowest BCUT2D eigenvalue weighted by molar-refractivity contribution is 0.255. The third-order valence-electron chi connectivity index (χ3n) is 5.53. The van der Waals surface area contributed by atoms with E-state index in [0.717, 1.165) is 11.1 Å². The summed E-state index contributed by atoms with van der Waals surface area (Å²) in [5.41, 5.74) is 2.57. The number of urea groups is 2. The van der Waals surface area contributed by atoms with Gasteiger partial charge in [-0.3, -0.25) is 0 Å². The standard InChI is InChI=1S/C27H22Cl2N4O6S2/c28-20-5-13-24(14-6-20)40(36,37)32-26(34)30-22-9-1-18(2-10-22)17-19-3-11-23(12-4-19)31-27(35)33-41(38,39)25-15-7-21(29)8-16-25/h1-16H,17H2,(H2,30,32,34)(H2,31,33,35). The van der Waals surface area contributed by atoms with Gasteiger partial charge in [0, 0.05) is 21.4 Å². The molecule has 4 rings (SSSR count). The number of nitrogens with one attached hydrogen (secondary N) is 4. The number of benzene rings is 4. The Morgan fingerprint density at radius 2 is 0.829 bits per heavy atom. The first kappa shape index (κ1) is 29.9. The van der Waals surface area contributed by atoms with Crippen molar-refractivity contribution in [3.05, 3.63) is 118 Å². The summed E-state index contributed by atoms with van der Waals surface area (Å²) >= 11 is 11.5. The van der Waals surface area contributed by atoms with E-state index >= 15 is 0 Å². The molecule has 41 heavy (non-hydrogen) atoms. The molecular formula is C27H22Cl2N4O6S2. The van der Waals surface area contributed by atoms with Gasteiger partial charge in [-0.15, -0.1) is 0 Å². The molecule has 10 nitrogen and oxygen atoms in total. The highest BCUT2D eigenvalue weighted by atomic mass is 35.5. The number of halogens is 2. The Labute approximate surface area is 246 Å². The van der Waals surface area contributed by atoms with Crippen molar-refractivity contribution in [2.45, 2.75) is 16.2 Å². The van der Waals surface area contributed by atoms with Crippen molar-refractivity contribution in [1.29, 1.82) is 0 Å². The molecule has 4 amide bonds. The van der Waals surface area contributed by atoms with Gasteiger partial charge in [-0.1, -0.05) is 47.5 Å². The molecule has 0 saturated carbocycles. The van der Waals surface area contributed by atoms with E-state index in [4.69, 9.17) is 23.2 Å². The molecule has 212 valence electrons. The molecule has 0 unspecified atom stereocenters. The molecule has 4 N–H and O–H groups in total. The van der Waals surface area contributed by atoms with Crippen LogP contribution in [-0.2, 0) is 26.5 Å². The van der Waals surface area contributed by atoms with Gasteiger partial charge in [0.2, 0.25) is 0 Å². The Hall–Kier alpha value is -4.10. The van der Waals surface area contributed by atoms with Crippen molar-refractivity contribution in [3.63, 3.8) is 0 Å². The zero-order valence-electron chi connectivity index (χ0n) is 21.0. The smallest absolute Gasteiger partial charge is 0.307 e. The van der Waals surface area contributed by atoms with Crippen LogP contribution in [0.25, 0.3) is 0 Å². The van der Waals surface area contributed by atoms with Crippen molar-refractivity contribution in [2.24, 2.45) is 0 Å². The Kier molecular flexibility index (Phi) is 9.18. The molecule has 0 saturated heterocycles. The van der Waals surface area contributed by atoms with E-state index < -0.39 is 32.1 Å². The molecule has 0 atom stereocenters. The minimum atomic E-state index is -4.06. The van der Waals surface area contributed by atoms with Crippen LogP contribution in [0.1, 0.15) is 11.1 Å². The van der Waals surface area contributed by atoms with Gasteiger partial charge in [0.15, 0.2) is 0 Å². The van der Waals surface area contributed by atoms with Crippen LogP contribution < -0.4 is 20.1 Å². The van der Waals surface area contributed by atoms with Crippen molar-refractivity contribution < 1.29 is 26.4 Å². The van der Waals surface area contributed by atoms with E-state index in [2.05, 4.69) is 10.6 Å². The minimum Gasteiger partial charge on any atom is -0.307 e. The second kappa shape index (κ2) is 12.6. The quantitative estimate of drug-likeness (QED) is 0.198. The fourth-order valence-corrected chi connectivity index (χ4v) is 5.62. The molecule has 0 aliphatic carbocycles. The number of carbonyl (C=O) groups is 2. The SMILES string of the molecule is O=C(Nc1ccc(Cc2ccc(NC(=O)NS(=O)(=O)c3ccc(Cl)cc3)cc2)cc1)NS(=O)(=O)c1ccc(Cl)cc1. The number of sulfonamides is 2. The third kappa shape index (κ3) is 8.44. The van der Waals surface area contributed by atoms with Crippen molar-refractivity contribution in [2.75, 3.05) is 10.6 Å². The van der Waals surface area contributed by atoms with Gasteiger partial charge in [0.1, 0.15) is 0 Å². The largest absolute Gasteiger partial charge is 0.333 e. The predicted octanol–water partition coefficient (Wildman–Crippen LogP) is 5.61. The number of anilines is 2. The van der Waals surface area contributed by atoms with E-state index in [1.807, 2.05) is 9.44 Å².